The fourth-order valence-electron chi connectivity index (χ4n) is 3.64. The van der Waals surface area contributed by atoms with E-state index in [1.807, 2.05) is 0 Å². The molecule has 0 fully saturated rings. The normalized spacial score (nSPS) is 11.7. The number of carbonyl (C=O) groups excluding carboxylic acids is 1. The highest BCUT2D eigenvalue weighted by atomic mass is 19.4. The summed E-state index contributed by atoms with van der Waals surface area (Å²) in [5.74, 6) is -2.01. The predicted octanol–water partition coefficient (Wildman–Crippen LogP) is 4.74. The van der Waals surface area contributed by atoms with Crippen LogP contribution in [0.3, 0.4) is 0 Å². The first kappa shape index (κ1) is 23.1. The number of pyridine rings is 1. The summed E-state index contributed by atoms with van der Waals surface area (Å²) in [6, 6.07) is 9.28. The number of aromatic nitrogens is 3. The summed E-state index contributed by atoms with van der Waals surface area (Å²) in [5.41, 5.74) is -2.19. The Morgan fingerprint density at radius 2 is 1.79 bits per heavy atom. The van der Waals surface area contributed by atoms with Gasteiger partial charge in [-0.05, 0) is 49.7 Å². The van der Waals surface area contributed by atoms with Crippen molar-refractivity contribution in [1.82, 2.24) is 14.3 Å². The largest absolute Gasteiger partial charge is 0.417 e. The third kappa shape index (κ3) is 4.28. The molecule has 0 bridgehead atoms. The molecule has 1 N–H and O–H groups in total. The lowest BCUT2D eigenvalue weighted by Gasteiger charge is -2.15. The second-order valence-electron chi connectivity index (χ2n) is 7.67. The maximum atomic E-state index is 13.8. The number of nitrogens with zero attached hydrogens (tertiary/aromatic N) is 3. The van der Waals surface area contributed by atoms with E-state index in [4.69, 9.17) is 0 Å². The zero-order chi connectivity index (χ0) is 24.8. The Morgan fingerprint density at radius 3 is 2.44 bits per heavy atom. The molecule has 1 amide bonds. The summed E-state index contributed by atoms with van der Waals surface area (Å²) < 4.78 is 70.7. The average Bonchev–Trinajstić information content (AvgIpc) is 3.09. The van der Waals surface area contributed by atoms with Crippen molar-refractivity contribution < 1.29 is 26.7 Å². The molecule has 0 atom stereocenters. The molecular weight excluding hydrogens is 459 g/mol. The molecule has 0 aliphatic rings. The van der Waals surface area contributed by atoms with Gasteiger partial charge in [0.1, 0.15) is 23.8 Å². The lowest BCUT2D eigenvalue weighted by Crippen LogP contribution is -2.30. The van der Waals surface area contributed by atoms with Crippen molar-refractivity contribution in [3.8, 4) is 5.69 Å². The van der Waals surface area contributed by atoms with Crippen LogP contribution in [-0.2, 0) is 17.5 Å². The van der Waals surface area contributed by atoms with Crippen LogP contribution in [0.25, 0.3) is 16.7 Å². The average molecular weight is 476 g/mol. The van der Waals surface area contributed by atoms with Crippen molar-refractivity contribution in [2.24, 2.45) is 0 Å². The fraction of sp³-hybridized carbons (Fsp3) is 0.174. The molecule has 4 rings (SSSR count). The van der Waals surface area contributed by atoms with Gasteiger partial charge in [0.15, 0.2) is 0 Å². The Bertz CT molecular complexity index is 1490. The highest BCUT2D eigenvalue weighted by molar-refractivity contribution is 5.92. The van der Waals surface area contributed by atoms with Crippen LogP contribution in [0, 0.1) is 25.5 Å². The Hall–Kier alpha value is -4.02. The molecule has 2 aromatic heterocycles. The van der Waals surface area contributed by atoms with Gasteiger partial charge in [-0.3, -0.25) is 14.2 Å². The number of carbonyl (C=O) groups is 1. The Labute approximate surface area is 189 Å². The molecule has 0 aliphatic heterocycles. The second-order valence-corrected chi connectivity index (χ2v) is 7.67. The topological polar surface area (TPSA) is 68.9 Å². The van der Waals surface area contributed by atoms with Crippen molar-refractivity contribution in [2.75, 3.05) is 5.32 Å². The van der Waals surface area contributed by atoms with Crippen molar-refractivity contribution >= 4 is 22.6 Å². The monoisotopic (exact) mass is 476 g/mol. The van der Waals surface area contributed by atoms with E-state index in [1.165, 1.54) is 38.1 Å². The van der Waals surface area contributed by atoms with Crippen LogP contribution >= 0.6 is 0 Å². The number of benzene rings is 2. The number of amides is 1. The molecule has 0 radical (unpaired) electrons. The summed E-state index contributed by atoms with van der Waals surface area (Å²) in [6.07, 6.45) is -4.88. The number of hydrogen-bond donors (Lipinski definition) is 1. The molecule has 176 valence electrons. The number of anilines is 1. The lowest BCUT2D eigenvalue weighted by atomic mass is 10.1. The first-order valence-electron chi connectivity index (χ1n) is 9.98. The van der Waals surface area contributed by atoms with Gasteiger partial charge in [0.2, 0.25) is 5.91 Å². The maximum absolute atomic E-state index is 13.8. The van der Waals surface area contributed by atoms with Gasteiger partial charge in [-0.1, -0.05) is 12.1 Å². The van der Waals surface area contributed by atoms with Gasteiger partial charge < -0.3 is 5.32 Å². The maximum Gasteiger partial charge on any atom is 0.417 e. The highest BCUT2D eigenvalue weighted by Crippen LogP contribution is 2.36. The SMILES string of the molecule is Cc1ccc(NC(=O)Cn2c(=O)cc(C(F)(F)F)c3c(C)nn(-c4cccc(F)c4)c32)cc1F. The first-order chi connectivity index (χ1) is 16.0. The van der Waals surface area contributed by atoms with E-state index < -0.39 is 46.8 Å². The smallest absolute Gasteiger partial charge is 0.324 e. The number of aryl methyl sites for hydroxylation is 2. The standard InChI is InChI=1S/C23H17F5N4O2/c1-12-6-7-15(9-18(12)25)29-19(33)11-31-20(34)10-17(23(26,27)28)21-13(2)30-32(22(21)31)16-5-3-4-14(24)8-16/h3-10H,11H2,1-2H3,(H,29,33). The van der Waals surface area contributed by atoms with E-state index in [1.54, 1.807) is 0 Å². The van der Waals surface area contributed by atoms with Crippen LogP contribution in [0.15, 0.2) is 53.3 Å². The molecule has 2 aromatic carbocycles. The van der Waals surface area contributed by atoms with Crippen LogP contribution in [0.4, 0.5) is 27.6 Å². The summed E-state index contributed by atoms with van der Waals surface area (Å²) in [6.45, 7) is 2.16. The minimum atomic E-state index is -4.88. The minimum Gasteiger partial charge on any atom is -0.324 e. The molecule has 11 heteroatoms. The van der Waals surface area contributed by atoms with Crippen LogP contribution < -0.4 is 10.9 Å². The van der Waals surface area contributed by atoms with E-state index in [2.05, 4.69) is 10.4 Å². The van der Waals surface area contributed by atoms with Crippen LogP contribution in [0.1, 0.15) is 16.8 Å². The van der Waals surface area contributed by atoms with Crippen LogP contribution in [0.5, 0.6) is 0 Å². The molecule has 0 unspecified atom stereocenters. The van der Waals surface area contributed by atoms with Crippen LogP contribution in [0.2, 0.25) is 0 Å². The van der Waals surface area contributed by atoms with E-state index in [0.717, 1.165) is 27.4 Å². The molecule has 0 saturated heterocycles. The van der Waals surface area contributed by atoms with Gasteiger partial charge in [0.25, 0.3) is 5.56 Å². The number of alkyl halides is 3. The van der Waals surface area contributed by atoms with Gasteiger partial charge in [-0.15, -0.1) is 0 Å². The van der Waals surface area contributed by atoms with E-state index in [9.17, 15) is 31.5 Å². The molecule has 2 heterocycles. The number of halogens is 5. The minimum absolute atomic E-state index is 0.0617. The van der Waals surface area contributed by atoms with E-state index in [-0.39, 0.29) is 22.7 Å². The van der Waals surface area contributed by atoms with Gasteiger partial charge in [-0.2, -0.15) is 18.3 Å². The quantitative estimate of drug-likeness (QED) is 0.433. The molecule has 34 heavy (non-hydrogen) atoms. The first-order valence-corrected chi connectivity index (χ1v) is 9.98. The number of nitrogens with one attached hydrogen (secondary N) is 1. The lowest BCUT2D eigenvalue weighted by molar-refractivity contribution is -0.136. The zero-order valence-electron chi connectivity index (χ0n) is 17.9. The fourth-order valence-corrected chi connectivity index (χ4v) is 3.64. The molecule has 4 aromatic rings. The van der Waals surface area contributed by atoms with Crippen molar-refractivity contribution in [3.63, 3.8) is 0 Å². The molecular formula is C23H17F5N4O2. The molecule has 0 aliphatic carbocycles. The van der Waals surface area contributed by atoms with Crippen LogP contribution in [-0.4, -0.2) is 20.3 Å². The number of rotatable bonds is 4. The van der Waals surface area contributed by atoms with Crippen molar-refractivity contribution in [1.29, 1.82) is 0 Å². The second kappa shape index (κ2) is 8.40. The van der Waals surface area contributed by atoms with Crippen molar-refractivity contribution in [3.05, 3.63) is 87.3 Å². The van der Waals surface area contributed by atoms with Crippen molar-refractivity contribution in [2.45, 2.75) is 26.6 Å². The Kier molecular flexibility index (Phi) is 5.72. The number of fused-ring (bicyclic) bond motifs is 1. The summed E-state index contributed by atoms with van der Waals surface area (Å²) >= 11 is 0. The van der Waals surface area contributed by atoms with Gasteiger partial charge in [0, 0.05) is 11.8 Å². The summed E-state index contributed by atoms with van der Waals surface area (Å²) in [4.78, 5) is 25.4. The third-order valence-corrected chi connectivity index (χ3v) is 5.21. The summed E-state index contributed by atoms with van der Waals surface area (Å²) in [5, 5.41) is 6.12. The highest BCUT2D eigenvalue weighted by Gasteiger charge is 2.36. The molecule has 0 spiro atoms. The Morgan fingerprint density at radius 1 is 1.06 bits per heavy atom. The molecule has 0 saturated carbocycles. The molecule has 6 nitrogen and oxygen atoms in total. The third-order valence-electron chi connectivity index (χ3n) is 5.21. The Balaban J connectivity index is 1.89. The summed E-state index contributed by atoms with van der Waals surface area (Å²) in [7, 11) is 0. The van der Waals surface area contributed by atoms with Gasteiger partial charge in [0.05, 0.1) is 22.3 Å². The van der Waals surface area contributed by atoms with Gasteiger partial charge >= 0.3 is 6.18 Å². The van der Waals surface area contributed by atoms with E-state index >= 15 is 0 Å². The number of hydrogen-bond acceptors (Lipinski definition) is 3. The zero-order valence-corrected chi connectivity index (χ0v) is 17.9. The van der Waals surface area contributed by atoms with Gasteiger partial charge in [-0.25, -0.2) is 13.5 Å². The predicted molar refractivity (Wildman–Crippen MR) is 115 cm³/mol. The van der Waals surface area contributed by atoms with E-state index in [0.29, 0.717) is 11.6 Å².